The van der Waals surface area contributed by atoms with Gasteiger partial charge in [0.1, 0.15) is 6.04 Å². The Balaban J connectivity index is 2.43. The third-order valence-corrected chi connectivity index (χ3v) is 2.82. The molecule has 0 saturated heterocycles. The Labute approximate surface area is 97.1 Å². The van der Waals surface area contributed by atoms with Crippen molar-refractivity contribution in [2.45, 2.75) is 44.7 Å². The Morgan fingerprint density at radius 2 is 2.00 bits per heavy atom. The van der Waals surface area contributed by atoms with E-state index in [9.17, 15) is 4.79 Å². The zero-order valence-corrected chi connectivity index (χ0v) is 10.4. The van der Waals surface area contributed by atoms with E-state index in [4.69, 9.17) is 5.73 Å². The molecule has 0 bridgehead atoms. The van der Waals surface area contributed by atoms with Gasteiger partial charge in [-0.15, -0.1) is 0 Å². The molecule has 0 aliphatic heterocycles. The molecule has 0 radical (unpaired) electrons. The lowest BCUT2D eigenvalue weighted by Crippen LogP contribution is -2.47. The third-order valence-electron chi connectivity index (χ3n) is 2.82. The molecule has 1 aliphatic rings. The summed E-state index contributed by atoms with van der Waals surface area (Å²) in [6.07, 6.45) is 4.68. The largest absolute Gasteiger partial charge is 0.370 e. The molecule has 0 aromatic carbocycles. The lowest BCUT2D eigenvalue weighted by Gasteiger charge is -2.18. The first-order chi connectivity index (χ1) is 7.50. The number of guanidine groups is 1. The van der Waals surface area contributed by atoms with E-state index < -0.39 is 0 Å². The predicted octanol–water partition coefficient (Wildman–Crippen LogP) is 0.310. The topological polar surface area (TPSA) is 70.7 Å². The van der Waals surface area contributed by atoms with Crippen molar-refractivity contribution >= 4 is 11.9 Å². The van der Waals surface area contributed by atoms with Gasteiger partial charge >= 0.3 is 0 Å². The molecular formula is C11H22N4O. The molecule has 16 heavy (non-hydrogen) atoms. The maximum atomic E-state index is 11.6. The molecule has 1 rings (SSSR count). The summed E-state index contributed by atoms with van der Waals surface area (Å²) in [5.41, 5.74) is 5.76. The summed E-state index contributed by atoms with van der Waals surface area (Å²) in [5, 5.41) is 2.92. The van der Waals surface area contributed by atoms with Crippen LogP contribution in [0.5, 0.6) is 0 Å². The normalized spacial score (nSPS) is 19.6. The number of nitrogens with zero attached hydrogens (tertiary/aromatic N) is 2. The summed E-state index contributed by atoms with van der Waals surface area (Å²) < 4.78 is 0. The van der Waals surface area contributed by atoms with Crippen LogP contribution < -0.4 is 11.1 Å². The third kappa shape index (κ3) is 3.72. The van der Waals surface area contributed by atoms with E-state index in [0.717, 1.165) is 12.8 Å². The van der Waals surface area contributed by atoms with Crippen LogP contribution in [0.15, 0.2) is 4.99 Å². The van der Waals surface area contributed by atoms with Crippen LogP contribution in [-0.4, -0.2) is 42.9 Å². The van der Waals surface area contributed by atoms with Crippen molar-refractivity contribution in [2.24, 2.45) is 10.7 Å². The van der Waals surface area contributed by atoms with Gasteiger partial charge in [0.2, 0.25) is 5.91 Å². The van der Waals surface area contributed by atoms with Crippen LogP contribution >= 0.6 is 0 Å². The maximum absolute atomic E-state index is 11.6. The summed E-state index contributed by atoms with van der Waals surface area (Å²) in [6.45, 7) is 1.79. The number of carbonyl (C=O) groups is 1. The van der Waals surface area contributed by atoms with E-state index in [0.29, 0.717) is 12.0 Å². The van der Waals surface area contributed by atoms with Gasteiger partial charge in [-0.1, -0.05) is 12.8 Å². The van der Waals surface area contributed by atoms with Crippen molar-refractivity contribution in [3.8, 4) is 0 Å². The molecule has 1 aliphatic carbocycles. The fraction of sp³-hybridized carbons (Fsp3) is 0.818. The Morgan fingerprint density at radius 1 is 1.44 bits per heavy atom. The molecule has 0 spiro atoms. The van der Waals surface area contributed by atoms with E-state index in [1.807, 2.05) is 0 Å². The average molecular weight is 226 g/mol. The molecule has 1 amide bonds. The van der Waals surface area contributed by atoms with Crippen LogP contribution in [0, 0.1) is 0 Å². The minimum atomic E-state index is -0.319. The van der Waals surface area contributed by atoms with E-state index in [2.05, 4.69) is 10.3 Å². The van der Waals surface area contributed by atoms with Crippen LogP contribution in [0.25, 0.3) is 0 Å². The van der Waals surface area contributed by atoms with Crippen molar-refractivity contribution in [2.75, 3.05) is 14.1 Å². The smallest absolute Gasteiger partial charge is 0.244 e. The fourth-order valence-corrected chi connectivity index (χ4v) is 1.94. The van der Waals surface area contributed by atoms with Gasteiger partial charge in [0, 0.05) is 14.1 Å². The molecule has 1 atom stereocenters. The quantitative estimate of drug-likeness (QED) is 0.537. The number of nitrogens with two attached hydrogens (primary N) is 1. The zero-order valence-electron chi connectivity index (χ0n) is 10.4. The molecule has 5 heteroatoms. The standard InChI is InChI=1S/C11H22N4O/c1-8(10(16)15(2)3)13-11(12)14-9-6-4-5-7-9/h8-9H,4-7H2,1-3H3,(H3,12,13,14). The minimum absolute atomic E-state index is 0.00423. The number of nitrogens with one attached hydrogen (secondary N) is 1. The highest BCUT2D eigenvalue weighted by atomic mass is 16.2. The number of carbonyl (C=O) groups excluding carboxylic acids is 1. The number of rotatable bonds is 3. The molecule has 1 saturated carbocycles. The van der Waals surface area contributed by atoms with Gasteiger partial charge in [-0.05, 0) is 19.8 Å². The second-order valence-electron chi connectivity index (χ2n) is 4.55. The molecule has 1 unspecified atom stereocenters. The van der Waals surface area contributed by atoms with Crippen molar-refractivity contribution in [3.05, 3.63) is 0 Å². The SMILES string of the molecule is CC(NC(N)=NC1CCCC1)C(=O)N(C)C. The van der Waals surface area contributed by atoms with Gasteiger partial charge in [0.25, 0.3) is 0 Å². The van der Waals surface area contributed by atoms with Crippen molar-refractivity contribution in [3.63, 3.8) is 0 Å². The minimum Gasteiger partial charge on any atom is -0.370 e. The Kier molecular flexibility index (Phi) is 4.58. The van der Waals surface area contributed by atoms with Crippen LogP contribution in [0.2, 0.25) is 0 Å². The zero-order chi connectivity index (χ0) is 12.1. The van der Waals surface area contributed by atoms with E-state index in [-0.39, 0.29) is 11.9 Å². The fourth-order valence-electron chi connectivity index (χ4n) is 1.94. The van der Waals surface area contributed by atoms with Gasteiger partial charge in [-0.2, -0.15) is 0 Å². The first kappa shape index (κ1) is 12.8. The highest BCUT2D eigenvalue weighted by Crippen LogP contribution is 2.20. The highest BCUT2D eigenvalue weighted by Gasteiger charge is 2.17. The van der Waals surface area contributed by atoms with Crippen molar-refractivity contribution < 1.29 is 4.79 Å². The van der Waals surface area contributed by atoms with Gasteiger partial charge < -0.3 is 16.0 Å². The van der Waals surface area contributed by atoms with Crippen LogP contribution in [0.4, 0.5) is 0 Å². The van der Waals surface area contributed by atoms with Crippen LogP contribution in [0.3, 0.4) is 0 Å². The summed E-state index contributed by atoms with van der Waals surface area (Å²) in [4.78, 5) is 17.5. The monoisotopic (exact) mass is 226 g/mol. The lowest BCUT2D eigenvalue weighted by molar-refractivity contribution is -0.130. The number of aliphatic imine (C=N–C) groups is 1. The first-order valence-corrected chi connectivity index (χ1v) is 5.81. The van der Waals surface area contributed by atoms with Crippen LogP contribution in [-0.2, 0) is 4.79 Å². The number of likely N-dealkylation sites (N-methyl/N-ethyl adjacent to an activating group) is 1. The molecule has 5 nitrogen and oxygen atoms in total. The Morgan fingerprint density at radius 3 is 2.50 bits per heavy atom. The number of hydrogen-bond donors (Lipinski definition) is 2. The van der Waals surface area contributed by atoms with Gasteiger partial charge in [0.05, 0.1) is 6.04 Å². The second-order valence-corrected chi connectivity index (χ2v) is 4.55. The van der Waals surface area contributed by atoms with Crippen molar-refractivity contribution in [1.29, 1.82) is 0 Å². The second kappa shape index (κ2) is 5.72. The maximum Gasteiger partial charge on any atom is 0.244 e. The molecule has 0 heterocycles. The Bertz CT molecular complexity index is 269. The van der Waals surface area contributed by atoms with E-state index in [1.165, 1.54) is 12.8 Å². The van der Waals surface area contributed by atoms with Crippen molar-refractivity contribution in [1.82, 2.24) is 10.2 Å². The summed E-state index contributed by atoms with van der Waals surface area (Å²) >= 11 is 0. The van der Waals surface area contributed by atoms with E-state index in [1.54, 1.807) is 25.9 Å². The predicted molar refractivity (Wildman–Crippen MR) is 65.2 cm³/mol. The first-order valence-electron chi connectivity index (χ1n) is 5.81. The average Bonchev–Trinajstić information content (AvgIpc) is 2.68. The van der Waals surface area contributed by atoms with Gasteiger partial charge in [-0.25, -0.2) is 0 Å². The molecular weight excluding hydrogens is 204 g/mol. The Hall–Kier alpha value is -1.26. The van der Waals surface area contributed by atoms with Crippen LogP contribution in [0.1, 0.15) is 32.6 Å². The highest BCUT2D eigenvalue weighted by molar-refractivity contribution is 5.87. The lowest BCUT2D eigenvalue weighted by atomic mass is 10.3. The molecule has 92 valence electrons. The summed E-state index contributed by atoms with van der Waals surface area (Å²) in [6, 6.07) is 0.0225. The number of amides is 1. The molecule has 0 aromatic heterocycles. The molecule has 1 fully saturated rings. The summed E-state index contributed by atoms with van der Waals surface area (Å²) in [7, 11) is 3.45. The molecule has 3 N–H and O–H groups in total. The van der Waals surface area contributed by atoms with Gasteiger partial charge in [-0.3, -0.25) is 9.79 Å². The number of hydrogen-bond acceptors (Lipinski definition) is 2. The van der Waals surface area contributed by atoms with Gasteiger partial charge in [0.15, 0.2) is 5.96 Å². The van der Waals surface area contributed by atoms with E-state index >= 15 is 0 Å². The summed E-state index contributed by atoms with van der Waals surface area (Å²) in [5.74, 6) is 0.388. The molecule has 0 aromatic rings.